The minimum absolute atomic E-state index is 0.327. The summed E-state index contributed by atoms with van der Waals surface area (Å²) in [6.45, 7) is 0. The first-order chi connectivity index (χ1) is 13.7. The topological polar surface area (TPSA) is 103 Å². The predicted molar refractivity (Wildman–Crippen MR) is 95.3 cm³/mol. The van der Waals surface area contributed by atoms with Gasteiger partial charge in [-0.05, 0) is 42.5 Å². The van der Waals surface area contributed by atoms with Crippen molar-refractivity contribution in [1.82, 2.24) is 5.32 Å². The van der Waals surface area contributed by atoms with E-state index >= 15 is 0 Å². The van der Waals surface area contributed by atoms with Crippen LogP contribution in [0.2, 0.25) is 0 Å². The second-order valence-corrected chi connectivity index (χ2v) is 5.93. The molecular formula is C19H11F3N4O3. The highest BCUT2D eigenvalue weighted by molar-refractivity contribution is 6.32. The molecule has 10 heteroatoms. The van der Waals surface area contributed by atoms with Crippen LogP contribution in [0.5, 0.6) is 0 Å². The van der Waals surface area contributed by atoms with E-state index < -0.39 is 35.5 Å². The van der Waals surface area contributed by atoms with Gasteiger partial charge in [0.15, 0.2) is 5.92 Å². The largest absolute Gasteiger partial charge is 0.416 e. The molecule has 1 atom stereocenters. The van der Waals surface area contributed by atoms with E-state index in [1.165, 1.54) is 24.3 Å². The first kappa shape index (κ1) is 19.8. The van der Waals surface area contributed by atoms with Crippen molar-refractivity contribution in [2.45, 2.75) is 6.18 Å². The van der Waals surface area contributed by atoms with Gasteiger partial charge in [-0.25, -0.2) is 9.69 Å². The molecule has 0 radical (unpaired) electrons. The summed E-state index contributed by atoms with van der Waals surface area (Å²) in [5, 5.41) is 10.7. The van der Waals surface area contributed by atoms with E-state index in [-0.39, 0.29) is 5.69 Å². The number of carbonyl (C=O) groups excluding carboxylic acids is 3. The number of amides is 4. The Morgan fingerprint density at radius 1 is 1.10 bits per heavy atom. The van der Waals surface area contributed by atoms with Gasteiger partial charge >= 0.3 is 12.2 Å². The van der Waals surface area contributed by atoms with Gasteiger partial charge in [0.25, 0.3) is 5.91 Å². The number of rotatable bonds is 3. The van der Waals surface area contributed by atoms with E-state index in [2.05, 4.69) is 4.99 Å². The van der Waals surface area contributed by atoms with Gasteiger partial charge in [0.1, 0.15) is 0 Å². The van der Waals surface area contributed by atoms with Gasteiger partial charge in [-0.2, -0.15) is 18.4 Å². The molecule has 1 aliphatic heterocycles. The van der Waals surface area contributed by atoms with E-state index in [0.717, 1.165) is 24.4 Å². The molecule has 0 aliphatic carbocycles. The van der Waals surface area contributed by atoms with Gasteiger partial charge in [0, 0.05) is 6.21 Å². The monoisotopic (exact) mass is 400 g/mol. The number of nitrogens with one attached hydrogen (secondary N) is 1. The summed E-state index contributed by atoms with van der Waals surface area (Å²) < 4.78 is 38.8. The van der Waals surface area contributed by atoms with Crippen molar-refractivity contribution in [3.8, 4) is 6.07 Å². The molecule has 0 bridgehead atoms. The van der Waals surface area contributed by atoms with Gasteiger partial charge < -0.3 is 0 Å². The Morgan fingerprint density at radius 2 is 1.79 bits per heavy atom. The third-order valence-corrected chi connectivity index (χ3v) is 4.00. The summed E-state index contributed by atoms with van der Waals surface area (Å²) in [6, 6.07) is 10.3. The lowest BCUT2D eigenvalue weighted by Gasteiger charge is -2.28. The third kappa shape index (κ3) is 4.14. The van der Waals surface area contributed by atoms with Gasteiger partial charge in [0.2, 0.25) is 5.91 Å². The van der Waals surface area contributed by atoms with E-state index in [4.69, 9.17) is 5.26 Å². The number of hydrogen-bond acceptors (Lipinski definition) is 5. The maximum absolute atomic E-state index is 12.9. The van der Waals surface area contributed by atoms with Crippen molar-refractivity contribution in [3.05, 3.63) is 59.7 Å². The molecule has 2 aromatic rings. The minimum Gasteiger partial charge on any atom is -0.276 e. The van der Waals surface area contributed by atoms with Crippen LogP contribution >= 0.6 is 0 Å². The number of aliphatic imine (C=N–C) groups is 1. The third-order valence-electron chi connectivity index (χ3n) is 4.00. The van der Waals surface area contributed by atoms with Gasteiger partial charge in [-0.1, -0.05) is 6.07 Å². The summed E-state index contributed by atoms with van der Waals surface area (Å²) in [6.07, 6.45) is -3.68. The molecule has 0 unspecified atom stereocenters. The van der Waals surface area contributed by atoms with Crippen molar-refractivity contribution >= 4 is 35.4 Å². The summed E-state index contributed by atoms with van der Waals surface area (Å²) in [4.78, 5) is 41.2. The number of urea groups is 1. The number of halogens is 3. The van der Waals surface area contributed by atoms with Crippen molar-refractivity contribution < 1.29 is 27.6 Å². The van der Waals surface area contributed by atoms with Crippen LogP contribution in [0, 0.1) is 17.2 Å². The Bertz CT molecular complexity index is 1060. The average Bonchev–Trinajstić information content (AvgIpc) is 2.67. The van der Waals surface area contributed by atoms with Crippen LogP contribution in [0.25, 0.3) is 0 Å². The van der Waals surface area contributed by atoms with E-state index in [1.54, 1.807) is 0 Å². The number of anilines is 1. The second kappa shape index (κ2) is 7.55. The summed E-state index contributed by atoms with van der Waals surface area (Å²) >= 11 is 0. The lowest BCUT2D eigenvalue weighted by Crippen LogP contribution is -2.58. The lowest BCUT2D eigenvalue weighted by molar-refractivity contribution is -0.138. The molecule has 7 nitrogen and oxygen atoms in total. The number of alkyl halides is 3. The Balaban J connectivity index is 1.90. The van der Waals surface area contributed by atoms with E-state index in [0.29, 0.717) is 22.2 Å². The molecule has 29 heavy (non-hydrogen) atoms. The van der Waals surface area contributed by atoms with Crippen molar-refractivity contribution in [3.63, 3.8) is 0 Å². The zero-order valence-corrected chi connectivity index (χ0v) is 14.5. The molecule has 146 valence electrons. The number of nitrogens with zero attached hydrogens (tertiary/aromatic N) is 3. The van der Waals surface area contributed by atoms with Gasteiger partial charge in [0.05, 0.1) is 28.6 Å². The molecule has 2 aromatic carbocycles. The Kier molecular flexibility index (Phi) is 5.14. The van der Waals surface area contributed by atoms with Crippen LogP contribution in [-0.2, 0) is 15.8 Å². The molecule has 3 rings (SSSR count). The Morgan fingerprint density at radius 3 is 2.41 bits per heavy atom. The molecule has 0 saturated carbocycles. The maximum atomic E-state index is 12.9. The second-order valence-electron chi connectivity index (χ2n) is 5.93. The van der Waals surface area contributed by atoms with Crippen LogP contribution in [-0.4, -0.2) is 24.1 Å². The summed E-state index contributed by atoms with van der Waals surface area (Å²) in [7, 11) is 0. The van der Waals surface area contributed by atoms with Crippen LogP contribution in [0.3, 0.4) is 0 Å². The molecule has 0 spiro atoms. The molecule has 1 N–H and O–H groups in total. The number of barbiturate groups is 1. The molecule has 1 saturated heterocycles. The maximum Gasteiger partial charge on any atom is 0.416 e. The van der Waals surface area contributed by atoms with Crippen molar-refractivity contribution in [2.75, 3.05) is 4.90 Å². The number of benzene rings is 2. The Labute approximate surface area is 162 Å². The fourth-order valence-electron chi connectivity index (χ4n) is 2.57. The minimum atomic E-state index is -4.67. The molecule has 1 heterocycles. The Hall–Kier alpha value is -4.00. The highest BCUT2D eigenvalue weighted by atomic mass is 19.4. The van der Waals surface area contributed by atoms with Crippen LogP contribution < -0.4 is 10.2 Å². The van der Waals surface area contributed by atoms with Crippen molar-refractivity contribution in [1.29, 1.82) is 5.26 Å². The molecular weight excluding hydrogens is 389 g/mol. The zero-order chi connectivity index (χ0) is 21.2. The molecule has 4 amide bonds. The van der Waals surface area contributed by atoms with Crippen LogP contribution in [0.4, 0.5) is 29.3 Å². The van der Waals surface area contributed by atoms with Gasteiger partial charge in [-0.3, -0.25) is 19.9 Å². The standard InChI is InChI=1S/C19H11F3N4O3/c20-19(21,22)12-2-1-3-14(8-12)26-17(28)15(16(27)25-18(26)29)10-24-13-6-4-11(9-23)5-7-13/h1-8,10,15H,(H,25,27,29)/t15-/m0/s1. The summed E-state index contributed by atoms with van der Waals surface area (Å²) in [5.41, 5.74) is -0.647. The average molecular weight is 400 g/mol. The van der Waals surface area contributed by atoms with Crippen LogP contribution in [0.1, 0.15) is 11.1 Å². The normalized spacial score (nSPS) is 17.4. The highest BCUT2D eigenvalue weighted by Crippen LogP contribution is 2.32. The number of hydrogen-bond donors (Lipinski definition) is 1. The smallest absolute Gasteiger partial charge is 0.276 e. The predicted octanol–water partition coefficient (Wildman–Crippen LogP) is 3.18. The fourth-order valence-corrected chi connectivity index (χ4v) is 2.57. The highest BCUT2D eigenvalue weighted by Gasteiger charge is 2.41. The number of nitriles is 1. The lowest BCUT2D eigenvalue weighted by atomic mass is 10.1. The zero-order valence-electron chi connectivity index (χ0n) is 14.5. The van der Waals surface area contributed by atoms with Crippen LogP contribution in [0.15, 0.2) is 53.5 Å². The van der Waals surface area contributed by atoms with E-state index in [9.17, 15) is 27.6 Å². The molecule has 1 aliphatic rings. The van der Waals surface area contributed by atoms with E-state index in [1.807, 2.05) is 11.4 Å². The first-order valence-corrected chi connectivity index (χ1v) is 8.11. The quantitative estimate of drug-likeness (QED) is 0.631. The van der Waals surface area contributed by atoms with Gasteiger partial charge in [-0.15, -0.1) is 0 Å². The molecule has 0 aromatic heterocycles. The fraction of sp³-hybridized carbons (Fsp3) is 0.105. The van der Waals surface area contributed by atoms with Crippen molar-refractivity contribution in [2.24, 2.45) is 10.9 Å². The summed E-state index contributed by atoms with van der Waals surface area (Å²) in [5.74, 6) is -3.49. The molecule has 1 fully saturated rings. The SMILES string of the molecule is N#Cc1ccc(N=C[C@H]2C(=O)NC(=O)N(c3cccc(C(F)(F)F)c3)C2=O)cc1. The first-order valence-electron chi connectivity index (χ1n) is 8.11. The number of imide groups is 2. The number of carbonyl (C=O) groups is 3.